The molecule has 168 valence electrons. The van der Waals surface area contributed by atoms with Crippen molar-refractivity contribution in [3.63, 3.8) is 0 Å². The lowest BCUT2D eigenvalue weighted by Gasteiger charge is -2.31. The Balaban J connectivity index is 1.63. The fraction of sp³-hybridized carbons (Fsp3) is 0.800. The van der Waals surface area contributed by atoms with Crippen LogP contribution >= 0.6 is 0 Å². The monoisotopic (exact) mass is 428 g/mol. The Morgan fingerprint density at radius 1 is 0.433 bits per heavy atom. The third-order valence-electron chi connectivity index (χ3n) is 5.29. The number of ether oxygens (including phenoxy) is 6. The van der Waals surface area contributed by atoms with Crippen molar-refractivity contribution in [3.05, 3.63) is 0 Å². The van der Waals surface area contributed by atoms with Crippen molar-refractivity contribution in [1.82, 2.24) is 0 Å². The molecule has 0 radical (unpaired) electrons. The van der Waals surface area contributed by atoms with Crippen LogP contribution in [0.5, 0.6) is 0 Å². The molecular weight excluding hydrogens is 400 g/mol. The lowest BCUT2D eigenvalue weighted by molar-refractivity contribution is -0.184. The van der Waals surface area contributed by atoms with Crippen LogP contribution in [0.1, 0.15) is 51.4 Å². The molecule has 2 aliphatic carbocycles. The zero-order valence-electron chi connectivity index (χ0n) is 16.9. The molecule has 0 aromatic carbocycles. The van der Waals surface area contributed by atoms with E-state index in [1.54, 1.807) is 0 Å². The number of hydrogen-bond donors (Lipinski definition) is 0. The summed E-state index contributed by atoms with van der Waals surface area (Å²) in [5.74, 6) is -2.56. The molecule has 0 spiro atoms. The van der Waals surface area contributed by atoms with Crippen LogP contribution in [0.2, 0.25) is 0 Å². The zero-order valence-corrected chi connectivity index (χ0v) is 16.9. The van der Waals surface area contributed by atoms with Crippen molar-refractivity contribution in [2.75, 3.05) is 26.4 Å². The van der Waals surface area contributed by atoms with Gasteiger partial charge >= 0.3 is 23.9 Å². The first-order valence-electron chi connectivity index (χ1n) is 10.4. The van der Waals surface area contributed by atoms with Gasteiger partial charge in [-0.1, -0.05) is 0 Å². The van der Waals surface area contributed by atoms with Gasteiger partial charge in [0.05, 0.1) is 0 Å². The van der Waals surface area contributed by atoms with Gasteiger partial charge in [0, 0.05) is 0 Å². The highest BCUT2D eigenvalue weighted by atomic mass is 16.6. The van der Waals surface area contributed by atoms with Crippen molar-refractivity contribution >= 4 is 23.9 Å². The van der Waals surface area contributed by atoms with E-state index in [-0.39, 0.29) is 0 Å². The normalized spacial score (nSPS) is 32.8. The SMILES string of the molecule is O=C1COCC(=O)O[C@@H]2CCCC[C@H]2OC(=O)COCC(=O)O[C@H]2CCCC[C@@H]2O1. The van der Waals surface area contributed by atoms with Gasteiger partial charge < -0.3 is 28.4 Å². The van der Waals surface area contributed by atoms with Crippen LogP contribution in [0.15, 0.2) is 0 Å². The minimum atomic E-state index is -0.641. The molecule has 0 aromatic heterocycles. The van der Waals surface area contributed by atoms with Crippen molar-refractivity contribution < 1.29 is 47.6 Å². The van der Waals surface area contributed by atoms with Crippen molar-refractivity contribution in [3.8, 4) is 0 Å². The van der Waals surface area contributed by atoms with Gasteiger partial charge in [-0.25, -0.2) is 19.2 Å². The quantitative estimate of drug-likeness (QED) is 0.405. The van der Waals surface area contributed by atoms with E-state index < -0.39 is 74.7 Å². The molecule has 2 saturated carbocycles. The number of fused-ring (bicyclic) bond motifs is 2. The molecule has 0 aromatic rings. The van der Waals surface area contributed by atoms with Gasteiger partial charge in [-0.2, -0.15) is 0 Å². The molecule has 0 unspecified atom stereocenters. The van der Waals surface area contributed by atoms with E-state index in [0.29, 0.717) is 25.7 Å². The largest absolute Gasteiger partial charge is 0.457 e. The second-order valence-corrected chi connectivity index (χ2v) is 7.67. The fourth-order valence-corrected chi connectivity index (χ4v) is 3.91. The number of carbonyl (C=O) groups excluding carboxylic acids is 4. The molecule has 1 saturated heterocycles. The number of esters is 4. The summed E-state index contributed by atoms with van der Waals surface area (Å²) in [6, 6.07) is 0. The Labute approximate surface area is 174 Å². The molecule has 3 aliphatic rings. The maximum atomic E-state index is 12.1. The molecular formula is C20H28O10. The molecule has 10 nitrogen and oxygen atoms in total. The molecule has 1 aliphatic heterocycles. The number of carbonyl (C=O) groups is 4. The Morgan fingerprint density at radius 3 is 0.900 bits per heavy atom. The molecule has 0 N–H and O–H groups in total. The summed E-state index contributed by atoms with van der Waals surface area (Å²) in [6.45, 7) is -1.67. The summed E-state index contributed by atoms with van der Waals surface area (Å²) in [5, 5.41) is 0. The summed E-state index contributed by atoms with van der Waals surface area (Å²) in [4.78, 5) is 48.2. The fourth-order valence-electron chi connectivity index (χ4n) is 3.91. The summed E-state index contributed by atoms with van der Waals surface area (Å²) in [7, 11) is 0. The molecule has 0 amide bonds. The first kappa shape index (κ1) is 22.5. The number of hydrogen-bond acceptors (Lipinski definition) is 10. The molecule has 4 atom stereocenters. The van der Waals surface area contributed by atoms with Gasteiger partial charge in [0.2, 0.25) is 0 Å². The maximum absolute atomic E-state index is 12.1. The smallest absolute Gasteiger partial charge is 0.332 e. The lowest BCUT2D eigenvalue weighted by Crippen LogP contribution is -2.40. The van der Waals surface area contributed by atoms with E-state index in [4.69, 9.17) is 28.4 Å². The summed E-state index contributed by atoms with van der Waals surface area (Å²) in [5.41, 5.74) is 0. The topological polar surface area (TPSA) is 124 Å². The molecule has 3 rings (SSSR count). The number of rotatable bonds is 0. The standard InChI is InChI=1S/C20H28O10/c21-17-9-25-11-19(23)29-15-7-3-4-8-16(15)30-20(24)12-26-10-18(22)28-14-6-2-1-5-13(14)27-17/h13-16H,1-12H2/t13-,14-,15+,16+. The Bertz CT molecular complexity index is 527. The first-order chi connectivity index (χ1) is 14.5. The Morgan fingerprint density at radius 2 is 0.667 bits per heavy atom. The second kappa shape index (κ2) is 11.3. The van der Waals surface area contributed by atoms with Crippen LogP contribution < -0.4 is 0 Å². The first-order valence-corrected chi connectivity index (χ1v) is 10.4. The predicted octanol–water partition coefficient (Wildman–Crippen LogP) is 0.828. The minimum absolute atomic E-state index is 0.418. The summed E-state index contributed by atoms with van der Waals surface area (Å²) >= 11 is 0. The third-order valence-corrected chi connectivity index (χ3v) is 5.29. The summed E-state index contributed by atoms with van der Waals surface area (Å²) in [6.07, 6.45) is 3.24. The van der Waals surface area contributed by atoms with Gasteiger partial charge in [0.25, 0.3) is 0 Å². The minimum Gasteiger partial charge on any atom is -0.457 e. The van der Waals surface area contributed by atoms with Crippen molar-refractivity contribution in [2.45, 2.75) is 75.8 Å². The van der Waals surface area contributed by atoms with Crippen LogP contribution in [0.3, 0.4) is 0 Å². The van der Waals surface area contributed by atoms with Crippen LogP contribution in [0.25, 0.3) is 0 Å². The van der Waals surface area contributed by atoms with Crippen LogP contribution in [0, 0.1) is 0 Å². The lowest BCUT2D eigenvalue weighted by atomic mass is 9.94. The third kappa shape index (κ3) is 6.94. The molecule has 10 heteroatoms. The van der Waals surface area contributed by atoms with Gasteiger partial charge in [-0.05, 0) is 51.4 Å². The van der Waals surface area contributed by atoms with Gasteiger partial charge in [0.15, 0.2) is 0 Å². The highest BCUT2D eigenvalue weighted by molar-refractivity contribution is 5.75. The predicted molar refractivity (Wildman–Crippen MR) is 98.1 cm³/mol. The second-order valence-electron chi connectivity index (χ2n) is 7.67. The van der Waals surface area contributed by atoms with E-state index in [9.17, 15) is 19.2 Å². The molecule has 1 heterocycles. The molecule has 30 heavy (non-hydrogen) atoms. The zero-order chi connectivity index (χ0) is 21.3. The van der Waals surface area contributed by atoms with E-state index >= 15 is 0 Å². The van der Waals surface area contributed by atoms with Crippen LogP contribution in [-0.4, -0.2) is 74.7 Å². The van der Waals surface area contributed by atoms with Crippen molar-refractivity contribution in [1.29, 1.82) is 0 Å². The molecule has 0 bridgehead atoms. The Kier molecular flexibility index (Phi) is 8.44. The van der Waals surface area contributed by atoms with Crippen molar-refractivity contribution in [2.24, 2.45) is 0 Å². The highest BCUT2D eigenvalue weighted by Gasteiger charge is 2.33. The van der Waals surface area contributed by atoms with Crippen LogP contribution in [-0.2, 0) is 47.6 Å². The van der Waals surface area contributed by atoms with E-state index in [1.807, 2.05) is 0 Å². The average Bonchev–Trinajstić information content (AvgIpc) is 2.70. The highest BCUT2D eigenvalue weighted by Crippen LogP contribution is 2.25. The van der Waals surface area contributed by atoms with E-state index in [1.165, 1.54) is 0 Å². The maximum Gasteiger partial charge on any atom is 0.332 e. The summed E-state index contributed by atoms with van der Waals surface area (Å²) < 4.78 is 31.8. The van der Waals surface area contributed by atoms with Gasteiger partial charge in [-0.3, -0.25) is 0 Å². The Hall–Kier alpha value is -2.20. The molecule has 3 fully saturated rings. The van der Waals surface area contributed by atoms with E-state index in [2.05, 4.69) is 0 Å². The average molecular weight is 428 g/mol. The van der Waals surface area contributed by atoms with Crippen LogP contribution in [0.4, 0.5) is 0 Å². The van der Waals surface area contributed by atoms with Gasteiger partial charge in [-0.15, -0.1) is 0 Å². The van der Waals surface area contributed by atoms with E-state index in [0.717, 1.165) is 25.7 Å². The van der Waals surface area contributed by atoms with Gasteiger partial charge in [0.1, 0.15) is 50.8 Å².